The van der Waals surface area contributed by atoms with Crippen LogP contribution in [-0.2, 0) is 0 Å². The standard InChI is InChI=1S/C12H21N5O2S/c1-4-5-13-12-15-7-10(17(18)19)11(16-12)14-6-9(2)8-20-3/h7,9H,4-6,8H2,1-3H3,(H2,13,14,15,16). The fraction of sp³-hybridized carbons (Fsp3) is 0.667. The van der Waals surface area contributed by atoms with Crippen molar-refractivity contribution in [2.45, 2.75) is 20.3 Å². The smallest absolute Gasteiger partial charge is 0.329 e. The number of rotatable bonds is 9. The third-order valence-corrected chi connectivity index (χ3v) is 3.47. The van der Waals surface area contributed by atoms with Gasteiger partial charge in [-0.15, -0.1) is 0 Å². The van der Waals surface area contributed by atoms with Crippen molar-refractivity contribution >= 4 is 29.2 Å². The van der Waals surface area contributed by atoms with Crippen LogP contribution in [0.4, 0.5) is 17.5 Å². The predicted octanol–water partition coefficient (Wildman–Crippen LogP) is 2.62. The van der Waals surface area contributed by atoms with Gasteiger partial charge in [-0.25, -0.2) is 4.98 Å². The van der Waals surface area contributed by atoms with Gasteiger partial charge in [0.1, 0.15) is 6.20 Å². The molecule has 112 valence electrons. The van der Waals surface area contributed by atoms with Gasteiger partial charge in [0, 0.05) is 13.1 Å². The molecular formula is C12H21N5O2S. The van der Waals surface area contributed by atoms with Gasteiger partial charge in [-0.05, 0) is 24.3 Å². The number of thioether (sulfide) groups is 1. The van der Waals surface area contributed by atoms with Crippen LogP contribution in [0.5, 0.6) is 0 Å². The van der Waals surface area contributed by atoms with E-state index in [1.807, 2.05) is 13.2 Å². The number of nitro groups is 1. The van der Waals surface area contributed by atoms with E-state index in [1.165, 1.54) is 6.20 Å². The van der Waals surface area contributed by atoms with Crippen molar-refractivity contribution < 1.29 is 4.92 Å². The van der Waals surface area contributed by atoms with E-state index in [0.717, 1.165) is 18.7 Å². The van der Waals surface area contributed by atoms with Gasteiger partial charge >= 0.3 is 5.69 Å². The fourth-order valence-corrected chi connectivity index (χ4v) is 2.26. The highest BCUT2D eigenvalue weighted by atomic mass is 32.2. The molecular weight excluding hydrogens is 278 g/mol. The Balaban J connectivity index is 2.80. The summed E-state index contributed by atoms with van der Waals surface area (Å²) >= 11 is 1.75. The number of anilines is 2. The van der Waals surface area contributed by atoms with Crippen LogP contribution >= 0.6 is 11.8 Å². The molecule has 0 radical (unpaired) electrons. The lowest BCUT2D eigenvalue weighted by Gasteiger charge is -2.12. The van der Waals surface area contributed by atoms with Crippen LogP contribution < -0.4 is 10.6 Å². The van der Waals surface area contributed by atoms with Crippen molar-refractivity contribution in [1.29, 1.82) is 0 Å². The Labute approximate surface area is 123 Å². The minimum absolute atomic E-state index is 0.0941. The highest BCUT2D eigenvalue weighted by molar-refractivity contribution is 7.98. The van der Waals surface area contributed by atoms with Crippen molar-refractivity contribution in [3.05, 3.63) is 16.3 Å². The summed E-state index contributed by atoms with van der Waals surface area (Å²) in [5.41, 5.74) is -0.0941. The van der Waals surface area contributed by atoms with Crippen molar-refractivity contribution in [1.82, 2.24) is 9.97 Å². The molecule has 1 atom stereocenters. The molecule has 0 fully saturated rings. The van der Waals surface area contributed by atoms with Gasteiger partial charge in [0.05, 0.1) is 4.92 Å². The molecule has 1 heterocycles. The summed E-state index contributed by atoms with van der Waals surface area (Å²) in [5, 5.41) is 17.1. The molecule has 8 heteroatoms. The van der Waals surface area contributed by atoms with Crippen molar-refractivity contribution in [3.63, 3.8) is 0 Å². The van der Waals surface area contributed by atoms with Gasteiger partial charge in [-0.2, -0.15) is 16.7 Å². The van der Waals surface area contributed by atoms with Crippen LogP contribution in [0.25, 0.3) is 0 Å². The van der Waals surface area contributed by atoms with E-state index < -0.39 is 4.92 Å². The summed E-state index contributed by atoms with van der Waals surface area (Å²) in [6.07, 6.45) is 4.22. The number of hydrogen-bond donors (Lipinski definition) is 2. The van der Waals surface area contributed by atoms with E-state index in [4.69, 9.17) is 0 Å². The van der Waals surface area contributed by atoms with Gasteiger partial charge < -0.3 is 10.6 Å². The highest BCUT2D eigenvalue weighted by Crippen LogP contribution is 2.22. The highest BCUT2D eigenvalue weighted by Gasteiger charge is 2.17. The normalized spacial score (nSPS) is 11.9. The second-order valence-corrected chi connectivity index (χ2v) is 5.46. The zero-order valence-corrected chi connectivity index (χ0v) is 12.9. The molecule has 0 spiro atoms. The maximum atomic E-state index is 11.0. The summed E-state index contributed by atoms with van der Waals surface area (Å²) in [6.45, 7) is 5.50. The van der Waals surface area contributed by atoms with Gasteiger partial charge in [-0.3, -0.25) is 10.1 Å². The SMILES string of the molecule is CCCNc1ncc([N+](=O)[O-])c(NCC(C)CSC)n1. The molecule has 0 bridgehead atoms. The van der Waals surface area contributed by atoms with Gasteiger partial charge in [-0.1, -0.05) is 13.8 Å². The molecule has 20 heavy (non-hydrogen) atoms. The molecule has 1 aromatic rings. The zero-order chi connectivity index (χ0) is 15.0. The van der Waals surface area contributed by atoms with E-state index in [-0.39, 0.29) is 11.5 Å². The van der Waals surface area contributed by atoms with Crippen molar-refractivity contribution in [2.75, 3.05) is 35.7 Å². The summed E-state index contributed by atoms with van der Waals surface area (Å²) < 4.78 is 0. The maximum Gasteiger partial charge on any atom is 0.329 e. The molecule has 0 saturated carbocycles. The van der Waals surface area contributed by atoms with Gasteiger partial charge in [0.15, 0.2) is 0 Å². The monoisotopic (exact) mass is 299 g/mol. The van der Waals surface area contributed by atoms with Crippen LogP contribution in [0, 0.1) is 16.0 Å². The number of nitrogens with zero attached hydrogens (tertiary/aromatic N) is 3. The summed E-state index contributed by atoms with van der Waals surface area (Å²) in [5.74, 6) is 2.09. The third kappa shape index (κ3) is 5.20. The van der Waals surface area contributed by atoms with Crippen LogP contribution in [0.3, 0.4) is 0 Å². The molecule has 0 aliphatic rings. The molecule has 2 N–H and O–H groups in total. The van der Waals surface area contributed by atoms with Gasteiger partial charge in [0.2, 0.25) is 11.8 Å². The molecule has 0 saturated heterocycles. The lowest BCUT2D eigenvalue weighted by Crippen LogP contribution is -2.16. The Hall–Kier alpha value is -1.57. The zero-order valence-electron chi connectivity index (χ0n) is 12.0. The van der Waals surface area contributed by atoms with Crippen LogP contribution in [0.15, 0.2) is 6.20 Å². The Morgan fingerprint density at radius 2 is 2.25 bits per heavy atom. The number of hydrogen-bond acceptors (Lipinski definition) is 7. The molecule has 1 rings (SSSR count). The predicted molar refractivity (Wildman–Crippen MR) is 83.5 cm³/mol. The molecule has 7 nitrogen and oxygen atoms in total. The van der Waals surface area contributed by atoms with Crippen LogP contribution in [-0.4, -0.2) is 40.0 Å². The first-order valence-corrected chi connectivity index (χ1v) is 7.96. The van der Waals surface area contributed by atoms with Gasteiger partial charge in [0.25, 0.3) is 0 Å². The summed E-state index contributed by atoms with van der Waals surface area (Å²) in [6, 6.07) is 0. The van der Waals surface area contributed by atoms with E-state index >= 15 is 0 Å². The van der Waals surface area contributed by atoms with E-state index in [9.17, 15) is 10.1 Å². The molecule has 1 aromatic heterocycles. The minimum Gasteiger partial charge on any atom is -0.364 e. The van der Waals surface area contributed by atoms with E-state index in [1.54, 1.807) is 11.8 Å². The number of nitrogens with one attached hydrogen (secondary N) is 2. The Kier molecular flexibility index (Phi) is 7.06. The summed E-state index contributed by atoms with van der Waals surface area (Å²) in [7, 11) is 0. The molecule has 0 aliphatic carbocycles. The Bertz CT molecular complexity index is 444. The topological polar surface area (TPSA) is 93.0 Å². The minimum atomic E-state index is -0.467. The maximum absolute atomic E-state index is 11.0. The third-order valence-electron chi connectivity index (χ3n) is 2.57. The average Bonchev–Trinajstić information content (AvgIpc) is 2.43. The first-order valence-electron chi connectivity index (χ1n) is 6.56. The van der Waals surface area contributed by atoms with Crippen molar-refractivity contribution in [2.24, 2.45) is 5.92 Å². The Morgan fingerprint density at radius 1 is 1.50 bits per heavy atom. The lowest BCUT2D eigenvalue weighted by atomic mass is 10.2. The van der Waals surface area contributed by atoms with E-state index in [2.05, 4.69) is 27.5 Å². The quantitative estimate of drug-likeness (QED) is 0.534. The van der Waals surface area contributed by atoms with E-state index in [0.29, 0.717) is 18.4 Å². The second kappa shape index (κ2) is 8.57. The Morgan fingerprint density at radius 3 is 2.85 bits per heavy atom. The van der Waals surface area contributed by atoms with Crippen LogP contribution in [0.1, 0.15) is 20.3 Å². The largest absolute Gasteiger partial charge is 0.364 e. The fourth-order valence-electron chi connectivity index (χ4n) is 1.58. The lowest BCUT2D eigenvalue weighted by molar-refractivity contribution is -0.384. The average molecular weight is 299 g/mol. The first kappa shape index (κ1) is 16.5. The molecule has 0 aliphatic heterocycles. The molecule has 0 aromatic carbocycles. The van der Waals surface area contributed by atoms with Crippen LogP contribution in [0.2, 0.25) is 0 Å². The molecule has 0 amide bonds. The number of aromatic nitrogens is 2. The second-order valence-electron chi connectivity index (χ2n) is 4.55. The summed E-state index contributed by atoms with van der Waals surface area (Å²) in [4.78, 5) is 18.6. The first-order chi connectivity index (χ1) is 9.58. The van der Waals surface area contributed by atoms with Crippen molar-refractivity contribution in [3.8, 4) is 0 Å². The molecule has 1 unspecified atom stereocenters.